The molecule has 1 aliphatic rings. The van der Waals surface area contributed by atoms with Crippen LogP contribution in [0.15, 0.2) is 0 Å². The molecule has 110 valence electrons. The van der Waals surface area contributed by atoms with Gasteiger partial charge in [0.1, 0.15) is 0 Å². The molecule has 0 aromatic rings. The number of terminal acetylenes is 1. The molecule has 19 heavy (non-hydrogen) atoms. The van der Waals surface area contributed by atoms with Crippen LogP contribution in [0.25, 0.3) is 0 Å². The van der Waals surface area contributed by atoms with Gasteiger partial charge in [0.2, 0.25) is 0 Å². The topological polar surface area (TPSA) is 47.6 Å². The smallest absolute Gasteiger partial charge is 0.295 e. The van der Waals surface area contributed by atoms with E-state index >= 15 is 0 Å². The zero-order valence-electron chi connectivity index (χ0n) is 10.9. The Labute approximate surface area is 125 Å². The van der Waals surface area contributed by atoms with Crippen molar-refractivity contribution in [3.8, 4) is 12.3 Å². The van der Waals surface area contributed by atoms with Gasteiger partial charge in [-0.2, -0.15) is 0 Å². The minimum absolute atomic E-state index is 0.134. The highest BCUT2D eigenvalue weighted by molar-refractivity contribution is 7.51. The van der Waals surface area contributed by atoms with Gasteiger partial charge < -0.3 is 0 Å². The minimum Gasteiger partial charge on any atom is -0.295 e. The molecule has 0 aromatic heterocycles. The lowest BCUT2D eigenvalue weighted by Gasteiger charge is -2.35. The van der Waals surface area contributed by atoms with Crippen LogP contribution >= 0.6 is 30.9 Å². The number of hydrogen-bond acceptors (Lipinski definition) is 3. The van der Waals surface area contributed by atoms with E-state index < -0.39 is 13.3 Å². The molecule has 1 rings (SSSR count). The summed E-state index contributed by atoms with van der Waals surface area (Å²) in [5.74, 6) is 3.19. The number of hydrogen-bond donors (Lipinski definition) is 1. The third kappa shape index (κ3) is 5.63. The molecule has 0 bridgehead atoms. The molecule has 1 fully saturated rings. The molecule has 0 saturated heterocycles. The Balaban J connectivity index is 2.73. The molecule has 7 heteroatoms. The normalized spacial score (nSPS) is 19.0. The Bertz CT molecular complexity index is 341. The van der Waals surface area contributed by atoms with Gasteiger partial charge in [0.05, 0.1) is 18.8 Å². The summed E-state index contributed by atoms with van der Waals surface area (Å²) in [5.41, 5.74) is -0.619. The van der Waals surface area contributed by atoms with Gasteiger partial charge in [-0.15, -0.1) is 29.6 Å². The van der Waals surface area contributed by atoms with Gasteiger partial charge in [-0.3, -0.25) is 9.05 Å². The summed E-state index contributed by atoms with van der Waals surface area (Å²) in [4.78, 5) is 0. The van der Waals surface area contributed by atoms with E-state index in [2.05, 4.69) is 11.0 Å². The van der Waals surface area contributed by atoms with E-state index in [1.165, 1.54) is 0 Å². The second-order valence-electron chi connectivity index (χ2n) is 4.44. The summed E-state index contributed by atoms with van der Waals surface area (Å²) in [5, 5.41) is 2.92. The third-order valence-corrected chi connectivity index (χ3v) is 5.07. The highest BCUT2D eigenvalue weighted by atomic mass is 35.5. The molecule has 1 N–H and O–H groups in total. The van der Waals surface area contributed by atoms with Crippen LogP contribution in [-0.4, -0.2) is 30.5 Å². The lowest BCUT2D eigenvalue weighted by atomic mass is 9.83. The monoisotopic (exact) mass is 327 g/mol. The fraction of sp³-hybridized carbons (Fsp3) is 0.833. The number of halogens is 2. The molecule has 0 atom stereocenters. The Kier molecular flexibility index (Phi) is 7.76. The van der Waals surface area contributed by atoms with Crippen LogP contribution in [0, 0.1) is 12.3 Å². The Morgan fingerprint density at radius 3 is 2.11 bits per heavy atom. The maximum atomic E-state index is 12.6. The van der Waals surface area contributed by atoms with E-state index in [1.807, 2.05) is 0 Å². The van der Waals surface area contributed by atoms with Crippen molar-refractivity contribution < 1.29 is 13.6 Å². The molecule has 0 heterocycles. The maximum Gasteiger partial charge on any atom is 0.406 e. The summed E-state index contributed by atoms with van der Waals surface area (Å²) < 4.78 is 23.1. The van der Waals surface area contributed by atoms with Gasteiger partial charge >= 0.3 is 7.75 Å². The minimum atomic E-state index is -3.46. The molecule has 0 amide bonds. The lowest BCUT2D eigenvalue weighted by molar-refractivity contribution is 0.195. The third-order valence-electron chi connectivity index (χ3n) is 3.01. The van der Waals surface area contributed by atoms with Gasteiger partial charge in [0.25, 0.3) is 0 Å². The standard InChI is InChI=1S/C12H20Cl2NO3P/c1-2-12(6-4-3-5-7-12)15-19(16,17-10-8-13)18-11-9-14/h1H,3-11H2,(H,15,16). The van der Waals surface area contributed by atoms with Crippen LogP contribution in [0.1, 0.15) is 32.1 Å². The number of rotatable bonds is 8. The first-order chi connectivity index (χ1) is 9.10. The first kappa shape index (κ1) is 17.3. The van der Waals surface area contributed by atoms with E-state index in [-0.39, 0.29) is 25.0 Å². The lowest BCUT2D eigenvalue weighted by Crippen LogP contribution is -2.44. The Hall–Kier alpha value is 0.250. The van der Waals surface area contributed by atoms with Crippen molar-refractivity contribution in [3.63, 3.8) is 0 Å². The van der Waals surface area contributed by atoms with Crippen LogP contribution in [0.3, 0.4) is 0 Å². The van der Waals surface area contributed by atoms with Crippen molar-refractivity contribution in [3.05, 3.63) is 0 Å². The first-order valence-electron chi connectivity index (χ1n) is 6.38. The van der Waals surface area contributed by atoms with Crippen molar-refractivity contribution in [1.82, 2.24) is 5.09 Å². The highest BCUT2D eigenvalue weighted by Gasteiger charge is 2.38. The quantitative estimate of drug-likeness (QED) is 0.421. The summed E-state index contributed by atoms with van der Waals surface area (Å²) in [7, 11) is -3.46. The van der Waals surface area contributed by atoms with Gasteiger partial charge in [0.15, 0.2) is 0 Å². The molecule has 4 nitrogen and oxygen atoms in total. The molecule has 0 aromatic carbocycles. The molecule has 1 aliphatic carbocycles. The largest absolute Gasteiger partial charge is 0.406 e. The van der Waals surface area contributed by atoms with Crippen LogP contribution in [0.4, 0.5) is 0 Å². The summed E-state index contributed by atoms with van der Waals surface area (Å²) >= 11 is 11.1. The zero-order chi connectivity index (χ0) is 14.2. The molecule has 0 spiro atoms. The van der Waals surface area contributed by atoms with Crippen molar-refractivity contribution in [2.24, 2.45) is 0 Å². The molecule has 0 radical (unpaired) electrons. The number of alkyl halides is 2. The Morgan fingerprint density at radius 1 is 1.16 bits per heavy atom. The predicted octanol–water partition coefficient (Wildman–Crippen LogP) is 3.53. The summed E-state index contributed by atoms with van der Waals surface area (Å²) in [6.45, 7) is 0.267. The molecule has 0 unspecified atom stereocenters. The molecular formula is C12H20Cl2NO3P. The second-order valence-corrected chi connectivity index (χ2v) is 6.93. The van der Waals surface area contributed by atoms with Crippen molar-refractivity contribution in [2.45, 2.75) is 37.6 Å². The summed E-state index contributed by atoms with van der Waals surface area (Å²) in [6, 6.07) is 0. The van der Waals surface area contributed by atoms with Gasteiger partial charge in [-0.05, 0) is 12.8 Å². The SMILES string of the molecule is C#CC1(NP(=O)(OCCCl)OCCCl)CCCCC1. The molecular weight excluding hydrogens is 308 g/mol. The predicted molar refractivity (Wildman–Crippen MR) is 78.7 cm³/mol. The average molecular weight is 328 g/mol. The van der Waals surface area contributed by atoms with Gasteiger partial charge in [-0.25, -0.2) is 9.65 Å². The molecule has 0 aliphatic heterocycles. The highest BCUT2D eigenvalue weighted by Crippen LogP contribution is 2.48. The Morgan fingerprint density at radius 2 is 1.68 bits per heavy atom. The van der Waals surface area contributed by atoms with E-state index in [1.54, 1.807) is 0 Å². The van der Waals surface area contributed by atoms with Crippen LogP contribution in [-0.2, 0) is 13.6 Å². The molecule has 1 saturated carbocycles. The van der Waals surface area contributed by atoms with E-state index in [4.69, 9.17) is 38.7 Å². The van der Waals surface area contributed by atoms with Gasteiger partial charge in [-0.1, -0.05) is 25.2 Å². The van der Waals surface area contributed by atoms with Crippen LogP contribution in [0.5, 0.6) is 0 Å². The fourth-order valence-electron chi connectivity index (χ4n) is 2.12. The van der Waals surface area contributed by atoms with Crippen molar-refractivity contribution >= 4 is 30.9 Å². The van der Waals surface area contributed by atoms with Gasteiger partial charge in [0, 0.05) is 11.8 Å². The second kappa shape index (κ2) is 8.52. The van der Waals surface area contributed by atoms with E-state index in [0.717, 1.165) is 32.1 Å². The van der Waals surface area contributed by atoms with Crippen LogP contribution < -0.4 is 5.09 Å². The fourth-order valence-corrected chi connectivity index (χ4v) is 4.17. The van der Waals surface area contributed by atoms with E-state index in [0.29, 0.717) is 0 Å². The van der Waals surface area contributed by atoms with Crippen molar-refractivity contribution in [2.75, 3.05) is 25.0 Å². The zero-order valence-corrected chi connectivity index (χ0v) is 13.3. The van der Waals surface area contributed by atoms with E-state index in [9.17, 15) is 4.57 Å². The van der Waals surface area contributed by atoms with Crippen LogP contribution in [0.2, 0.25) is 0 Å². The first-order valence-corrected chi connectivity index (χ1v) is 8.99. The summed E-state index contributed by atoms with van der Waals surface area (Å²) in [6.07, 6.45) is 10.3. The maximum absolute atomic E-state index is 12.6. The number of nitrogens with one attached hydrogen (secondary N) is 1. The van der Waals surface area contributed by atoms with Crippen molar-refractivity contribution in [1.29, 1.82) is 0 Å². The average Bonchev–Trinajstić information content (AvgIpc) is 2.44.